The van der Waals surface area contributed by atoms with Crippen molar-refractivity contribution in [2.75, 3.05) is 13.1 Å². The molecule has 2 saturated heterocycles. The Labute approximate surface area is 217 Å². The molecule has 1 aromatic heterocycles. The van der Waals surface area contributed by atoms with Crippen LogP contribution in [0.15, 0.2) is 91.1 Å². The molecule has 4 aromatic rings. The Morgan fingerprint density at radius 3 is 2.11 bits per heavy atom. The lowest BCUT2D eigenvalue weighted by Crippen LogP contribution is -2.72. The van der Waals surface area contributed by atoms with Crippen molar-refractivity contribution in [1.82, 2.24) is 20.1 Å². The van der Waals surface area contributed by atoms with E-state index in [0.717, 1.165) is 41.7 Å². The van der Waals surface area contributed by atoms with E-state index in [4.69, 9.17) is 0 Å². The third-order valence-electron chi connectivity index (χ3n) is 8.02. The summed E-state index contributed by atoms with van der Waals surface area (Å²) in [6.07, 6.45) is 3.68. The number of rotatable bonds is 6. The van der Waals surface area contributed by atoms with E-state index in [1.165, 1.54) is 5.56 Å². The molecule has 0 bridgehead atoms. The molecule has 2 N–H and O–H groups in total. The number of para-hydroxylation sites is 1. The molecule has 1 atom stereocenters. The average Bonchev–Trinajstić information content (AvgIpc) is 3.35. The maximum atomic E-state index is 14.1. The molecular formula is C31H32N4O2. The van der Waals surface area contributed by atoms with Crippen molar-refractivity contribution in [3.05, 3.63) is 108 Å². The van der Waals surface area contributed by atoms with Crippen LogP contribution in [0.3, 0.4) is 0 Å². The smallest absolute Gasteiger partial charge is 0.246 e. The van der Waals surface area contributed by atoms with Gasteiger partial charge in [0.2, 0.25) is 11.8 Å². The third kappa shape index (κ3) is 4.53. The summed E-state index contributed by atoms with van der Waals surface area (Å²) in [5.74, 6) is -0.0162. The van der Waals surface area contributed by atoms with E-state index in [9.17, 15) is 9.59 Å². The fourth-order valence-electron chi connectivity index (χ4n) is 5.95. The summed E-state index contributed by atoms with van der Waals surface area (Å²) >= 11 is 0. The largest absolute Gasteiger partial charge is 0.361 e. The van der Waals surface area contributed by atoms with Gasteiger partial charge in [0.25, 0.3) is 0 Å². The highest BCUT2D eigenvalue weighted by Crippen LogP contribution is 2.35. The van der Waals surface area contributed by atoms with E-state index in [0.29, 0.717) is 25.8 Å². The van der Waals surface area contributed by atoms with Gasteiger partial charge in [-0.25, -0.2) is 0 Å². The number of carbonyl (C=O) groups excluding carboxylic acids is 2. The lowest BCUT2D eigenvalue weighted by Gasteiger charge is -2.51. The monoisotopic (exact) mass is 492 g/mol. The van der Waals surface area contributed by atoms with Crippen LogP contribution in [0, 0.1) is 0 Å². The Morgan fingerprint density at radius 1 is 0.784 bits per heavy atom. The number of hydrogen-bond donors (Lipinski definition) is 2. The fourth-order valence-corrected chi connectivity index (χ4v) is 5.95. The lowest BCUT2D eigenvalue weighted by molar-refractivity contribution is -0.162. The Morgan fingerprint density at radius 2 is 1.41 bits per heavy atom. The number of benzene rings is 3. The lowest BCUT2D eigenvalue weighted by atomic mass is 9.80. The summed E-state index contributed by atoms with van der Waals surface area (Å²) in [5.41, 5.74) is 3.57. The van der Waals surface area contributed by atoms with Crippen LogP contribution in [0.25, 0.3) is 10.9 Å². The van der Waals surface area contributed by atoms with Crippen LogP contribution in [-0.2, 0) is 29.1 Å². The quantitative estimate of drug-likeness (QED) is 0.422. The van der Waals surface area contributed by atoms with E-state index in [2.05, 4.69) is 45.5 Å². The van der Waals surface area contributed by atoms with Crippen LogP contribution in [0.5, 0.6) is 0 Å². The van der Waals surface area contributed by atoms with E-state index in [-0.39, 0.29) is 11.8 Å². The standard InChI is InChI=1S/C31H32N4O2/c36-29-28(19-25-20-32-27-14-8-7-13-26(25)27)33-30(37)31(35(29)22-24-11-5-2-6-12-24)15-17-34(18-16-31)21-23-9-3-1-4-10-23/h1-14,20,28,32H,15-19,21-22H2,(H,33,37). The molecule has 188 valence electrons. The zero-order chi connectivity index (χ0) is 25.2. The van der Waals surface area contributed by atoms with Crippen LogP contribution in [0.2, 0.25) is 0 Å². The third-order valence-corrected chi connectivity index (χ3v) is 8.02. The Bertz CT molecular complexity index is 1390. The number of fused-ring (bicyclic) bond motifs is 1. The number of amides is 2. The summed E-state index contributed by atoms with van der Waals surface area (Å²) in [5, 5.41) is 4.24. The molecule has 3 heterocycles. The van der Waals surface area contributed by atoms with Gasteiger partial charge in [0.05, 0.1) is 0 Å². The topological polar surface area (TPSA) is 68.4 Å². The fraction of sp³-hybridized carbons (Fsp3) is 0.290. The molecule has 2 aliphatic heterocycles. The number of aromatic nitrogens is 1. The summed E-state index contributed by atoms with van der Waals surface area (Å²) in [4.78, 5) is 35.5. The van der Waals surface area contributed by atoms with Crippen LogP contribution < -0.4 is 5.32 Å². The van der Waals surface area contributed by atoms with Crippen molar-refractivity contribution in [3.63, 3.8) is 0 Å². The number of nitrogens with zero attached hydrogens (tertiary/aromatic N) is 2. The molecular weight excluding hydrogens is 460 g/mol. The SMILES string of the molecule is O=C1C(Cc2c[nH]c3ccccc23)NC(=O)C2(CCN(Cc3ccccc3)CC2)N1Cc1ccccc1. The number of aromatic amines is 1. The van der Waals surface area contributed by atoms with Gasteiger partial charge in [-0.15, -0.1) is 0 Å². The van der Waals surface area contributed by atoms with Gasteiger partial charge < -0.3 is 15.2 Å². The number of hydrogen-bond acceptors (Lipinski definition) is 3. The van der Waals surface area contributed by atoms with Crippen LogP contribution in [-0.4, -0.2) is 51.3 Å². The van der Waals surface area contributed by atoms with Crippen LogP contribution in [0.1, 0.15) is 29.5 Å². The van der Waals surface area contributed by atoms with Gasteiger partial charge in [0, 0.05) is 49.7 Å². The Kier molecular flexibility index (Phi) is 6.26. The molecule has 0 saturated carbocycles. The Hall–Kier alpha value is -3.90. The van der Waals surface area contributed by atoms with E-state index in [1.807, 2.05) is 65.7 Å². The molecule has 6 rings (SSSR count). The minimum absolute atomic E-state index is 0.00486. The number of carbonyl (C=O) groups is 2. The van der Waals surface area contributed by atoms with Gasteiger partial charge in [-0.05, 0) is 35.6 Å². The van der Waals surface area contributed by atoms with Crippen molar-refractivity contribution in [2.24, 2.45) is 0 Å². The van der Waals surface area contributed by atoms with Gasteiger partial charge in [0.1, 0.15) is 11.6 Å². The van der Waals surface area contributed by atoms with Crippen LogP contribution >= 0.6 is 0 Å². The van der Waals surface area contributed by atoms with Gasteiger partial charge in [-0.3, -0.25) is 14.5 Å². The number of piperidine rings is 1. The molecule has 2 amide bonds. The molecule has 6 heteroatoms. The molecule has 0 aliphatic carbocycles. The number of nitrogens with one attached hydrogen (secondary N) is 2. The normalized spacial score (nSPS) is 19.9. The second kappa shape index (κ2) is 9.87. The van der Waals surface area contributed by atoms with Gasteiger partial charge in [0.15, 0.2) is 0 Å². The first-order valence-corrected chi connectivity index (χ1v) is 13.1. The second-order valence-electron chi connectivity index (χ2n) is 10.3. The summed E-state index contributed by atoms with van der Waals surface area (Å²) in [7, 11) is 0. The number of likely N-dealkylation sites (tertiary alicyclic amines) is 1. The highest BCUT2D eigenvalue weighted by molar-refractivity contribution is 6.00. The van der Waals surface area contributed by atoms with Gasteiger partial charge in [-0.2, -0.15) is 0 Å². The van der Waals surface area contributed by atoms with E-state index in [1.54, 1.807) is 0 Å². The molecule has 2 aliphatic rings. The van der Waals surface area contributed by atoms with Crippen molar-refractivity contribution >= 4 is 22.7 Å². The van der Waals surface area contributed by atoms with Crippen molar-refractivity contribution in [3.8, 4) is 0 Å². The Balaban J connectivity index is 1.26. The molecule has 6 nitrogen and oxygen atoms in total. The minimum Gasteiger partial charge on any atom is -0.361 e. The molecule has 1 unspecified atom stereocenters. The average molecular weight is 493 g/mol. The van der Waals surface area contributed by atoms with E-state index >= 15 is 0 Å². The molecule has 2 fully saturated rings. The molecule has 3 aromatic carbocycles. The first kappa shape index (κ1) is 23.5. The molecule has 37 heavy (non-hydrogen) atoms. The van der Waals surface area contributed by atoms with Crippen LogP contribution in [0.4, 0.5) is 0 Å². The summed E-state index contributed by atoms with van der Waals surface area (Å²) < 4.78 is 0. The molecule has 1 spiro atoms. The predicted octanol–water partition coefficient (Wildman–Crippen LogP) is 4.27. The zero-order valence-corrected chi connectivity index (χ0v) is 20.9. The minimum atomic E-state index is -0.823. The highest BCUT2D eigenvalue weighted by atomic mass is 16.2. The number of piperazine rings is 1. The van der Waals surface area contributed by atoms with Gasteiger partial charge >= 0.3 is 0 Å². The maximum Gasteiger partial charge on any atom is 0.246 e. The zero-order valence-electron chi connectivity index (χ0n) is 20.9. The maximum absolute atomic E-state index is 14.1. The summed E-state index contributed by atoms with van der Waals surface area (Å²) in [6.45, 7) is 2.84. The van der Waals surface area contributed by atoms with Gasteiger partial charge in [-0.1, -0.05) is 78.9 Å². The predicted molar refractivity (Wildman–Crippen MR) is 145 cm³/mol. The van der Waals surface area contributed by atoms with Crippen molar-refractivity contribution in [1.29, 1.82) is 0 Å². The summed E-state index contributed by atoms with van der Waals surface area (Å²) in [6, 6.07) is 27.9. The highest BCUT2D eigenvalue weighted by Gasteiger charge is 2.53. The first-order valence-electron chi connectivity index (χ1n) is 13.1. The molecule has 0 radical (unpaired) electrons. The number of H-pyrrole nitrogens is 1. The van der Waals surface area contributed by atoms with E-state index < -0.39 is 11.6 Å². The second-order valence-corrected chi connectivity index (χ2v) is 10.3. The van der Waals surface area contributed by atoms with Crippen molar-refractivity contribution in [2.45, 2.75) is 43.9 Å². The van der Waals surface area contributed by atoms with Crippen molar-refractivity contribution < 1.29 is 9.59 Å². The first-order chi connectivity index (χ1) is 18.1.